The van der Waals surface area contributed by atoms with E-state index in [1.807, 2.05) is 0 Å². The van der Waals surface area contributed by atoms with Gasteiger partial charge >= 0.3 is 0 Å². The Morgan fingerprint density at radius 1 is 1.36 bits per heavy atom. The minimum atomic E-state index is 0.825. The lowest BCUT2D eigenvalue weighted by Gasteiger charge is -2.07. The maximum absolute atomic E-state index is 5.20. The lowest BCUT2D eigenvalue weighted by atomic mass is 9.97. The molecule has 1 heterocycles. The van der Waals surface area contributed by atoms with Gasteiger partial charge in [-0.2, -0.15) is 0 Å². The van der Waals surface area contributed by atoms with Crippen molar-refractivity contribution < 1.29 is 4.52 Å². The SMILES string of the molecule is BrCc1noc2c1CCCC2. The average molecular weight is 216 g/mol. The molecule has 3 heteroatoms. The first-order chi connectivity index (χ1) is 5.42. The number of hydrogen-bond donors (Lipinski definition) is 0. The molecule has 0 aromatic carbocycles. The van der Waals surface area contributed by atoms with Gasteiger partial charge < -0.3 is 4.52 Å². The van der Waals surface area contributed by atoms with Crippen LogP contribution >= 0.6 is 15.9 Å². The molecule has 0 radical (unpaired) electrons. The molecule has 0 atom stereocenters. The minimum absolute atomic E-state index is 0.825. The van der Waals surface area contributed by atoms with Gasteiger partial charge in [-0.05, 0) is 19.3 Å². The number of halogens is 1. The molecule has 1 aromatic rings. The van der Waals surface area contributed by atoms with Gasteiger partial charge in [0.15, 0.2) is 0 Å². The molecule has 11 heavy (non-hydrogen) atoms. The number of alkyl halides is 1. The zero-order valence-electron chi connectivity index (χ0n) is 6.27. The van der Waals surface area contributed by atoms with Crippen molar-refractivity contribution in [2.45, 2.75) is 31.0 Å². The number of hydrogen-bond acceptors (Lipinski definition) is 2. The van der Waals surface area contributed by atoms with Crippen LogP contribution in [0.2, 0.25) is 0 Å². The molecule has 0 spiro atoms. The van der Waals surface area contributed by atoms with Crippen molar-refractivity contribution in [3.8, 4) is 0 Å². The summed E-state index contributed by atoms with van der Waals surface area (Å²) in [5.74, 6) is 1.12. The third-order valence-corrected chi connectivity index (χ3v) is 2.69. The van der Waals surface area contributed by atoms with Crippen LogP contribution in [0.25, 0.3) is 0 Å². The number of fused-ring (bicyclic) bond motifs is 1. The number of aryl methyl sites for hydroxylation is 1. The van der Waals surface area contributed by atoms with Crippen molar-refractivity contribution in [1.29, 1.82) is 0 Å². The van der Waals surface area contributed by atoms with E-state index >= 15 is 0 Å². The van der Waals surface area contributed by atoms with Crippen LogP contribution in [0.1, 0.15) is 29.9 Å². The topological polar surface area (TPSA) is 26.0 Å². The van der Waals surface area contributed by atoms with Gasteiger partial charge in [0, 0.05) is 17.3 Å². The Morgan fingerprint density at radius 2 is 2.18 bits per heavy atom. The summed E-state index contributed by atoms with van der Waals surface area (Å²) in [5.41, 5.74) is 2.45. The summed E-state index contributed by atoms with van der Waals surface area (Å²) in [7, 11) is 0. The van der Waals surface area contributed by atoms with Crippen molar-refractivity contribution in [1.82, 2.24) is 5.16 Å². The Balaban J connectivity index is 2.38. The summed E-state index contributed by atoms with van der Waals surface area (Å²) < 4.78 is 5.20. The van der Waals surface area contributed by atoms with Gasteiger partial charge in [0.2, 0.25) is 0 Å². The third kappa shape index (κ3) is 1.22. The standard InChI is InChI=1S/C8H10BrNO/c9-5-7-6-3-1-2-4-8(6)11-10-7/h1-5H2. The van der Waals surface area contributed by atoms with Crippen molar-refractivity contribution in [3.05, 3.63) is 17.0 Å². The van der Waals surface area contributed by atoms with Gasteiger partial charge in [-0.25, -0.2) is 0 Å². The van der Waals surface area contributed by atoms with Crippen LogP contribution in [0.4, 0.5) is 0 Å². The Labute approximate surface area is 74.1 Å². The van der Waals surface area contributed by atoms with Crippen LogP contribution in [-0.4, -0.2) is 5.16 Å². The number of rotatable bonds is 1. The van der Waals surface area contributed by atoms with Crippen LogP contribution in [-0.2, 0) is 18.2 Å². The molecule has 0 aliphatic heterocycles. The van der Waals surface area contributed by atoms with E-state index in [2.05, 4.69) is 21.1 Å². The van der Waals surface area contributed by atoms with E-state index in [4.69, 9.17) is 4.52 Å². The summed E-state index contributed by atoms with van der Waals surface area (Å²) in [6.45, 7) is 0. The quantitative estimate of drug-likeness (QED) is 0.674. The average Bonchev–Trinajstić information content (AvgIpc) is 2.47. The third-order valence-electron chi connectivity index (χ3n) is 2.16. The first kappa shape index (κ1) is 7.35. The fraction of sp³-hybridized carbons (Fsp3) is 0.625. The Hall–Kier alpha value is -0.310. The summed E-state index contributed by atoms with van der Waals surface area (Å²) in [4.78, 5) is 0. The van der Waals surface area contributed by atoms with Crippen molar-refractivity contribution in [2.24, 2.45) is 0 Å². The highest BCUT2D eigenvalue weighted by molar-refractivity contribution is 9.08. The van der Waals surface area contributed by atoms with E-state index in [-0.39, 0.29) is 0 Å². The van der Waals surface area contributed by atoms with Gasteiger partial charge in [0.25, 0.3) is 0 Å². The summed E-state index contributed by atoms with van der Waals surface area (Å²) in [6.07, 6.45) is 4.77. The molecule has 1 aromatic heterocycles. The monoisotopic (exact) mass is 215 g/mol. The minimum Gasteiger partial charge on any atom is -0.361 e. The number of aromatic nitrogens is 1. The van der Waals surface area contributed by atoms with Gasteiger partial charge in [-0.3, -0.25) is 0 Å². The van der Waals surface area contributed by atoms with E-state index in [1.165, 1.54) is 18.4 Å². The van der Waals surface area contributed by atoms with E-state index in [0.717, 1.165) is 29.6 Å². The molecule has 2 rings (SSSR count). The molecule has 0 fully saturated rings. The highest BCUT2D eigenvalue weighted by Crippen LogP contribution is 2.25. The first-order valence-corrected chi connectivity index (χ1v) is 5.06. The van der Waals surface area contributed by atoms with Gasteiger partial charge in [0.1, 0.15) is 5.76 Å². The van der Waals surface area contributed by atoms with Crippen LogP contribution in [0.5, 0.6) is 0 Å². The Kier molecular flexibility index (Phi) is 1.98. The lowest BCUT2D eigenvalue weighted by Crippen LogP contribution is -2.00. The molecule has 0 saturated heterocycles. The second-order valence-electron chi connectivity index (χ2n) is 2.87. The Bertz CT molecular complexity index is 243. The van der Waals surface area contributed by atoms with Crippen molar-refractivity contribution in [3.63, 3.8) is 0 Å². The zero-order valence-corrected chi connectivity index (χ0v) is 7.85. The van der Waals surface area contributed by atoms with Crippen molar-refractivity contribution >= 4 is 15.9 Å². The highest BCUT2D eigenvalue weighted by atomic mass is 79.9. The van der Waals surface area contributed by atoms with E-state index < -0.39 is 0 Å². The van der Waals surface area contributed by atoms with E-state index in [1.54, 1.807) is 0 Å². The number of nitrogens with zero attached hydrogens (tertiary/aromatic N) is 1. The predicted octanol–water partition coefficient (Wildman–Crippen LogP) is 2.45. The molecule has 2 nitrogen and oxygen atoms in total. The molecular formula is C8H10BrNO. The second-order valence-corrected chi connectivity index (χ2v) is 3.43. The van der Waals surface area contributed by atoms with Gasteiger partial charge in [0.05, 0.1) is 5.69 Å². The maximum atomic E-state index is 5.20. The van der Waals surface area contributed by atoms with Crippen LogP contribution < -0.4 is 0 Å². The summed E-state index contributed by atoms with van der Waals surface area (Å²) in [6, 6.07) is 0. The van der Waals surface area contributed by atoms with Gasteiger partial charge in [-0.1, -0.05) is 21.1 Å². The van der Waals surface area contributed by atoms with E-state index in [0.29, 0.717) is 0 Å². The largest absolute Gasteiger partial charge is 0.361 e. The molecule has 0 bridgehead atoms. The van der Waals surface area contributed by atoms with E-state index in [9.17, 15) is 0 Å². The predicted molar refractivity (Wildman–Crippen MR) is 45.8 cm³/mol. The Morgan fingerprint density at radius 3 is 3.00 bits per heavy atom. The smallest absolute Gasteiger partial charge is 0.140 e. The molecule has 0 amide bonds. The van der Waals surface area contributed by atoms with Crippen LogP contribution in [0.15, 0.2) is 4.52 Å². The van der Waals surface area contributed by atoms with Crippen LogP contribution in [0, 0.1) is 0 Å². The fourth-order valence-corrected chi connectivity index (χ4v) is 1.99. The molecular weight excluding hydrogens is 206 g/mol. The van der Waals surface area contributed by atoms with Gasteiger partial charge in [-0.15, -0.1) is 0 Å². The molecule has 0 unspecified atom stereocenters. The fourth-order valence-electron chi connectivity index (χ4n) is 1.55. The molecule has 0 saturated carbocycles. The molecule has 1 aliphatic carbocycles. The summed E-state index contributed by atoms with van der Waals surface area (Å²) in [5, 5.41) is 4.82. The summed E-state index contributed by atoms with van der Waals surface area (Å²) >= 11 is 3.39. The highest BCUT2D eigenvalue weighted by Gasteiger charge is 2.17. The second kappa shape index (κ2) is 2.97. The van der Waals surface area contributed by atoms with Crippen molar-refractivity contribution in [2.75, 3.05) is 0 Å². The van der Waals surface area contributed by atoms with Crippen LogP contribution in [0.3, 0.4) is 0 Å². The zero-order chi connectivity index (χ0) is 7.68. The molecule has 60 valence electrons. The normalized spacial score (nSPS) is 16.5. The molecule has 0 N–H and O–H groups in total. The lowest BCUT2D eigenvalue weighted by molar-refractivity contribution is 0.369. The first-order valence-electron chi connectivity index (χ1n) is 3.94. The maximum Gasteiger partial charge on any atom is 0.140 e. The molecule has 1 aliphatic rings.